The van der Waals surface area contributed by atoms with Gasteiger partial charge in [0.1, 0.15) is 6.33 Å². The summed E-state index contributed by atoms with van der Waals surface area (Å²) < 4.78 is 0.871. The fourth-order valence-electron chi connectivity index (χ4n) is 2.02. The van der Waals surface area contributed by atoms with E-state index in [1.54, 1.807) is 23.7 Å². The Hall–Kier alpha value is -2.67. The van der Waals surface area contributed by atoms with Crippen molar-refractivity contribution < 1.29 is 4.79 Å². The van der Waals surface area contributed by atoms with Gasteiger partial charge in [-0.15, -0.1) is 11.3 Å². The number of carbonyl (C=O) groups is 1. The molecule has 3 rings (SSSR count). The molecule has 0 spiro atoms. The van der Waals surface area contributed by atoms with Crippen LogP contribution in [0.5, 0.6) is 0 Å². The van der Waals surface area contributed by atoms with Crippen molar-refractivity contribution in [2.45, 2.75) is 6.92 Å². The van der Waals surface area contributed by atoms with Crippen LogP contribution < -0.4 is 16.8 Å². The molecule has 0 bridgehead atoms. The molecule has 2 aromatic heterocycles. The largest absolute Gasteiger partial charge is 0.397 e. The molecule has 0 saturated carbocycles. The molecule has 2 heterocycles. The lowest BCUT2D eigenvalue weighted by molar-refractivity contribution is 0.102. The molecule has 0 fully saturated rings. The van der Waals surface area contributed by atoms with E-state index in [-0.39, 0.29) is 5.91 Å². The number of thiophene rings is 1. The third-order valence-corrected chi connectivity index (χ3v) is 4.07. The third kappa shape index (κ3) is 2.38. The fourth-order valence-corrected chi connectivity index (χ4v) is 2.88. The lowest BCUT2D eigenvalue weighted by Gasteiger charge is -2.10. The number of nitrogens with two attached hydrogens (primary N) is 2. The number of amides is 1. The topological polar surface area (TPSA) is 107 Å². The van der Waals surface area contributed by atoms with Gasteiger partial charge >= 0.3 is 0 Å². The highest BCUT2D eigenvalue weighted by molar-refractivity contribution is 7.17. The molecule has 0 unspecified atom stereocenters. The average molecular weight is 299 g/mol. The molecular weight excluding hydrogens is 286 g/mol. The molecule has 0 aliphatic carbocycles. The minimum Gasteiger partial charge on any atom is -0.397 e. The van der Waals surface area contributed by atoms with Crippen LogP contribution in [0.25, 0.3) is 10.2 Å². The van der Waals surface area contributed by atoms with Gasteiger partial charge in [0.2, 0.25) is 0 Å². The molecule has 0 saturated heterocycles. The Morgan fingerprint density at radius 2 is 2.05 bits per heavy atom. The first-order chi connectivity index (χ1) is 10.1. The van der Waals surface area contributed by atoms with Crippen LogP contribution in [0.3, 0.4) is 0 Å². The van der Waals surface area contributed by atoms with Crippen molar-refractivity contribution in [1.82, 2.24) is 9.97 Å². The van der Waals surface area contributed by atoms with Crippen molar-refractivity contribution in [3.05, 3.63) is 41.2 Å². The number of aryl methyl sites for hydroxylation is 1. The quantitative estimate of drug-likeness (QED) is 0.630. The lowest BCUT2D eigenvalue weighted by atomic mass is 10.1. The van der Waals surface area contributed by atoms with Crippen LogP contribution in [-0.2, 0) is 0 Å². The van der Waals surface area contributed by atoms with E-state index in [2.05, 4.69) is 15.3 Å². The number of anilines is 3. The van der Waals surface area contributed by atoms with Crippen molar-refractivity contribution in [1.29, 1.82) is 0 Å². The lowest BCUT2D eigenvalue weighted by Crippen LogP contribution is -2.13. The summed E-state index contributed by atoms with van der Waals surface area (Å²) in [6, 6.07) is 3.39. The molecule has 0 aliphatic rings. The predicted molar refractivity (Wildman–Crippen MR) is 85.4 cm³/mol. The molecule has 106 valence electrons. The summed E-state index contributed by atoms with van der Waals surface area (Å²) in [5, 5.41) is 4.61. The molecule has 3 aromatic rings. The second kappa shape index (κ2) is 5.02. The summed E-state index contributed by atoms with van der Waals surface area (Å²) in [6.07, 6.45) is 3.12. The number of hydrogen-bond donors (Lipinski definition) is 3. The zero-order valence-electron chi connectivity index (χ0n) is 11.3. The van der Waals surface area contributed by atoms with E-state index in [1.807, 2.05) is 6.92 Å². The Morgan fingerprint density at radius 1 is 1.29 bits per heavy atom. The van der Waals surface area contributed by atoms with Crippen molar-refractivity contribution >= 4 is 44.5 Å². The summed E-state index contributed by atoms with van der Waals surface area (Å²) >= 11 is 1.43. The van der Waals surface area contributed by atoms with Crippen LogP contribution in [0.1, 0.15) is 15.9 Å². The summed E-state index contributed by atoms with van der Waals surface area (Å²) in [5.41, 5.74) is 15.1. The standard InChI is InChI=1S/C14H13N5OS/c1-7-2-9(15)10(16)3-11(7)19-14(20)8-5-21-12-4-17-6-18-13(8)12/h2-6H,15-16H2,1H3,(H,19,20). The van der Waals surface area contributed by atoms with Crippen LogP contribution in [0.2, 0.25) is 0 Å². The minimum atomic E-state index is -0.229. The number of nitrogens with zero attached hydrogens (tertiary/aromatic N) is 2. The summed E-state index contributed by atoms with van der Waals surface area (Å²) in [5.74, 6) is -0.229. The summed E-state index contributed by atoms with van der Waals surface area (Å²) in [4.78, 5) is 20.5. The Kier molecular flexibility index (Phi) is 3.19. The molecule has 1 amide bonds. The van der Waals surface area contributed by atoms with E-state index in [0.717, 1.165) is 10.3 Å². The maximum absolute atomic E-state index is 12.4. The SMILES string of the molecule is Cc1cc(N)c(N)cc1NC(=O)c1csc2cncnc12. The number of fused-ring (bicyclic) bond motifs is 1. The molecule has 7 heteroatoms. The molecule has 0 atom stereocenters. The highest BCUT2D eigenvalue weighted by atomic mass is 32.1. The van der Waals surface area contributed by atoms with Gasteiger partial charge in [-0.3, -0.25) is 4.79 Å². The van der Waals surface area contributed by atoms with E-state index < -0.39 is 0 Å². The smallest absolute Gasteiger partial charge is 0.258 e. The second-order valence-corrected chi connectivity index (χ2v) is 5.55. The molecule has 0 radical (unpaired) electrons. The molecular formula is C14H13N5OS. The number of rotatable bonds is 2. The molecule has 21 heavy (non-hydrogen) atoms. The number of aromatic nitrogens is 2. The van der Waals surface area contributed by atoms with E-state index in [4.69, 9.17) is 11.5 Å². The Morgan fingerprint density at radius 3 is 2.86 bits per heavy atom. The van der Waals surface area contributed by atoms with E-state index >= 15 is 0 Å². The highest BCUT2D eigenvalue weighted by Gasteiger charge is 2.15. The van der Waals surface area contributed by atoms with E-state index in [0.29, 0.717) is 28.1 Å². The maximum Gasteiger partial charge on any atom is 0.258 e. The van der Waals surface area contributed by atoms with Gasteiger partial charge in [0.15, 0.2) is 0 Å². The van der Waals surface area contributed by atoms with Gasteiger partial charge in [0.05, 0.1) is 27.2 Å². The van der Waals surface area contributed by atoms with Gasteiger partial charge < -0.3 is 16.8 Å². The number of nitrogen functional groups attached to an aromatic ring is 2. The normalized spacial score (nSPS) is 10.7. The van der Waals surface area contributed by atoms with Crippen LogP contribution >= 0.6 is 11.3 Å². The highest BCUT2D eigenvalue weighted by Crippen LogP contribution is 2.27. The maximum atomic E-state index is 12.4. The summed E-state index contributed by atoms with van der Waals surface area (Å²) in [7, 11) is 0. The van der Waals surface area contributed by atoms with Crippen LogP contribution in [0.4, 0.5) is 17.1 Å². The van der Waals surface area contributed by atoms with Crippen molar-refractivity contribution in [3.8, 4) is 0 Å². The predicted octanol–water partition coefficient (Wildman–Crippen LogP) is 2.42. The van der Waals surface area contributed by atoms with Gasteiger partial charge in [-0.25, -0.2) is 9.97 Å². The first-order valence-corrected chi connectivity index (χ1v) is 7.08. The zero-order chi connectivity index (χ0) is 15.0. The van der Waals surface area contributed by atoms with Crippen molar-refractivity contribution in [2.24, 2.45) is 0 Å². The summed E-state index contributed by atoms with van der Waals surface area (Å²) in [6.45, 7) is 1.86. The fraction of sp³-hybridized carbons (Fsp3) is 0.0714. The Labute approximate surface area is 124 Å². The first-order valence-electron chi connectivity index (χ1n) is 6.20. The Balaban J connectivity index is 1.95. The molecule has 6 nitrogen and oxygen atoms in total. The van der Waals surface area contributed by atoms with Crippen LogP contribution in [-0.4, -0.2) is 15.9 Å². The van der Waals surface area contributed by atoms with Gasteiger partial charge in [-0.05, 0) is 24.6 Å². The Bertz CT molecular complexity index is 842. The second-order valence-electron chi connectivity index (χ2n) is 4.64. The van der Waals surface area contributed by atoms with Crippen LogP contribution in [0, 0.1) is 6.92 Å². The van der Waals surface area contributed by atoms with E-state index in [9.17, 15) is 4.79 Å². The molecule has 1 aromatic carbocycles. The third-order valence-electron chi connectivity index (χ3n) is 3.16. The average Bonchev–Trinajstić information content (AvgIpc) is 2.88. The van der Waals surface area contributed by atoms with E-state index in [1.165, 1.54) is 17.7 Å². The number of hydrogen-bond acceptors (Lipinski definition) is 6. The van der Waals surface area contributed by atoms with Gasteiger partial charge in [0.25, 0.3) is 5.91 Å². The molecule has 0 aliphatic heterocycles. The minimum absolute atomic E-state index is 0.229. The van der Waals surface area contributed by atoms with Crippen molar-refractivity contribution in [3.63, 3.8) is 0 Å². The molecule has 5 N–H and O–H groups in total. The number of carbonyl (C=O) groups excluding carboxylic acids is 1. The van der Waals surface area contributed by atoms with Gasteiger partial charge in [-0.1, -0.05) is 0 Å². The van der Waals surface area contributed by atoms with Gasteiger partial charge in [0, 0.05) is 17.3 Å². The first kappa shape index (κ1) is 13.3. The monoisotopic (exact) mass is 299 g/mol. The van der Waals surface area contributed by atoms with Crippen molar-refractivity contribution in [2.75, 3.05) is 16.8 Å². The number of benzene rings is 1. The van der Waals surface area contributed by atoms with Crippen LogP contribution in [0.15, 0.2) is 30.0 Å². The zero-order valence-corrected chi connectivity index (χ0v) is 12.1. The van der Waals surface area contributed by atoms with Gasteiger partial charge in [-0.2, -0.15) is 0 Å². The number of nitrogens with one attached hydrogen (secondary N) is 1.